The summed E-state index contributed by atoms with van der Waals surface area (Å²) in [6.45, 7) is 3.43. The first-order valence-corrected chi connectivity index (χ1v) is 8.13. The molecule has 0 aliphatic heterocycles. The van der Waals surface area contributed by atoms with Crippen molar-refractivity contribution in [3.63, 3.8) is 0 Å². The molecule has 0 saturated heterocycles. The van der Waals surface area contributed by atoms with E-state index in [0.29, 0.717) is 5.56 Å². The fourth-order valence-corrected chi connectivity index (χ4v) is 2.87. The van der Waals surface area contributed by atoms with Gasteiger partial charge in [0.15, 0.2) is 9.84 Å². The number of hydrogen-bond donors (Lipinski definition) is 1. The van der Waals surface area contributed by atoms with E-state index in [1.165, 1.54) is 0 Å². The molecule has 0 aliphatic carbocycles. The van der Waals surface area contributed by atoms with Crippen LogP contribution in [0.2, 0.25) is 0 Å². The van der Waals surface area contributed by atoms with Crippen molar-refractivity contribution < 1.29 is 13.5 Å². The van der Waals surface area contributed by atoms with Crippen molar-refractivity contribution in [2.75, 3.05) is 6.26 Å². The number of hydrogen-bond acceptors (Lipinski definition) is 3. The van der Waals surface area contributed by atoms with Gasteiger partial charge in [0.2, 0.25) is 0 Å². The highest BCUT2D eigenvalue weighted by Gasteiger charge is 2.27. The van der Waals surface area contributed by atoms with Gasteiger partial charge in [-0.1, -0.05) is 36.4 Å². The molecule has 1 N–H and O–H groups in total. The number of fused-ring (bicyclic) bond motifs is 1. The Morgan fingerprint density at radius 1 is 1.11 bits per heavy atom. The van der Waals surface area contributed by atoms with E-state index in [1.807, 2.05) is 43.3 Å². The third-order valence-electron chi connectivity index (χ3n) is 3.60. The Labute approximate surface area is 113 Å². The normalized spacial score (nSPS) is 15.4. The van der Waals surface area contributed by atoms with E-state index < -0.39 is 21.2 Å². The molecule has 0 aliphatic rings. The van der Waals surface area contributed by atoms with E-state index in [0.717, 1.165) is 22.6 Å². The highest BCUT2D eigenvalue weighted by atomic mass is 32.2. The van der Waals surface area contributed by atoms with Crippen LogP contribution in [0.15, 0.2) is 36.4 Å². The summed E-state index contributed by atoms with van der Waals surface area (Å²) in [5.41, 5.74) is 1.61. The number of rotatable bonds is 3. The Morgan fingerprint density at radius 2 is 1.74 bits per heavy atom. The maximum absolute atomic E-state index is 11.6. The first-order valence-electron chi connectivity index (χ1n) is 6.17. The summed E-state index contributed by atoms with van der Waals surface area (Å²) in [6, 6.07) is 11.6. The van der Waals surface area contributed by atoms with Crippen LogP contribution in [-0.4, -0.2) is 25.0 Å². The molecule has 19 heavy (non-hydrogen) atoms. The molecule has 0 heterocycles. The zero-order valence-corrected chi connectivity index (χ0v) is 12.1. The fourth-order valence-electron chi connectivity index (χ4n) is 2.27. The highest BCUT2D eigenvalue weighted by molar-refractivity contribution is 7.91. The standard InChI is InChI=1S/C15H18O3S/c1-10-8-9-12-6-4-5-7-13(12)14(10)15(16)11(2)19(3,17)18/h4-9,11,15-16H,1-3H3. The van der Waals surface area contributed by atoms with E-state index in [1.54, 1.807) is 6.92 Å². The number of sulfone groups is 1. The van der Waals surface area contributed by atoms with Crippen LogP contribution < -0.4 is 0 Å². The smallest absolute Gasteiger partial charge is 0.152 e. The van der Waals surface area contributed by atoms with Crippen LogP contribution in [0.25, 0.3) is 10.8 Å². The zero-order chi connectivity index (χ0) is 14.2. The van der Waals surface area contributed by atoms with Crippen LogP contribution in [0.3, 0.4) is 0 Å². The number of aliphatic hydroxyl groups is 1. The summed E-state index contributed by atoms with van der Waals surface area (Å²) in [5, 5.41) is 11.5. The van der Waals surface area contributed by atoms with Gasteiger partial charge in [0.1, 0.15) is 0 Å². The van der Waals surface area contributed by atoms with Gasteiger partial charge in [-0.3, -0.25) is 0 Å². The molecule has 0 amide bonds. The molecule has 0 radical (unpaired) electrons. The van der Waals surface area contributed by atoms with Gasteiger partial charge in [0, 0.05) is 6.26 Å². The van der Waals surface area contributed by atoms with Gasteiger partial charge < -0.3 is 5.11 Å². The maximum atomic E-state index is 11.6. The van der Waals surface area contributed by atoms with E-state index in [9.17, 15) is 13.5 Å². The van der Waals surface area contributed by atoms with Gasteiger partial charge in [-0.15, -0.1) is 0 Å². The Morgan fingerprint density at radius 3 is 2.37 bits per heavy atom. The van der Waals surface area contributed by atoms with E-state index in [4.69, 9.17) is 0 Å². The van der Waals surface area contributed by atoms with Crippen molar-refractivity contribution in [3.8, 4) is 0 Å². The molecule has 102 valence electrons. The van der Waals surface area contributed by atoms with Gasteiger partial charge in [-0.25, -0.2) is 8.42 Å². The summed E-state index contributed by atoms with van der Waals surface area (Å²) in [6.07, 6.45) is 0.141. The monoisotopic (exact) mass is 278 g/mol. The lowest BCUT2D eigenvalue weighted by Gasteiger charge is -2.21. The van der Waals surface area contributed by atoms with E-state index >= 15 is 0 Å². The van der Waals surface area contributed by atoms with Gasteiger partial charge >= 0.3 is 0 Å². The van der Waals surface area contributed by atoms with Crippen LogP contribution in [0.1, 0.15) is 24.2 Å². The molecule has 2 aromatic rings. The molecular formula is C15H18O3S. The average molecular weight is 278 g/mol. The molecular weight excluding hydrogens is 260 g/mol. The van der Waals surface area contributed by atoms with Crippen LogP contribution in [0, 0.1) is 6.92 Å². The minimum absolute atomic E-state index is 0.705. The summed E-state index contributed by atoms with van der Waals surface area (Å²) in [4.78, 5) is 0. The molecule has 4 heteroatoms. The third-order valence-corrected chi connectivity index (χ3v) is 5.21. The zero-order valence-electron chi connectivity index (χ0n) is 11.3. The van der Waals surface area contributed by atoms with Gasteiger partial charge in [-0.2, -0.15) is 0 Å². The predicted molar refractivity (Wildman–Crippen MR) is 78.0 cm³/mol. The largest absolute Gasteiger partial charge is 0.387 e. The van der Waals surface area contributed by atoms with Crippen molar-refractivity contribution in [2.45, 2.75) is 25.2 Å². The fraction of sp³-hybridized carbons (Fsp3) is 0.333. The summed E-state index contributed by atoms with van der Waals surface area (Å²) >= 11 is 0. The SMILES string of the molecule is Cc1ccc2ccccc2c1C(O)C(C)S(C)(=O)=O. The summed E-state index contributed by atoms with van der Waals surface area (Å²) in [5.74, 6) is 0. The Kier molecular flexibility index (Phi) is 3.65. The Balaban J connectivity index is 2.65. The molecule has 2 rings (SSSR count). The van der Waals surface area contributed by atoms with Crippen LogP contribution in [-0.2, 0) is 9.84 Å². The van der Waals surface area contributed by atoms with Crippen LogP contribution in [0.4, 0.5) is 0 Å². The summed E-state index contributed by atoms with van der Waals surface area (Å²) in [7, 11) is -3.29. The minimum atomic E-state index is -3.29. The molecule has 0 saturated carbocycles. The second-order valence-electron chi connectivity index (χ2n) is 5.00. The van der Waals surface area contributed by atoms with Crippen LogP contribution >= 0.6 is 0 Å². The van der Waals surface area contributed by atoms with Crippen molar-refractivity contribution in [1.29, 1.82) is 0 Å². The van der Waals surface area contributed by atoms with Gasteiger partial charge in [0.25, 0.3) is 0 Å². The number of benzene rings is 2. The summed E-state index contributed by atoms with van der Waals surface area (Å²) < 4.78 is 23.3. The van der Waals surface area contributed by atoms with Gasteiger partial charge in [0.05, 0.1) is 11.4 Å². The van der Waals surface area contributed by atoms with Crippen LogP contribution in [0.5, 0.6) is 0 Å². The lowest BCUT2D eigenvalue weighted by Crippen LogP contribution is -2.25. The topological polar surface area (TPSA) is 54.4 Å². The number of aliphatic hydroxyl groups excluding tert-OH is 1. The first-order chi connectivity index (χ1) is 8.82. The Hall–Kier alpha value is -1.39. The molecule has 0 fully saturated rings. The second-order valence-corrected chi connectivity index (χ2v) is 7.40. The van der Waals surface area contributed by atoms with E-state index in [-0.39, 0.29) is 0 Å². The molecule has 2 unspecified atom stereocenters. The van der Waals surface area contributed by atoms with Crippen molar-refractivity contribution >= 4 is 20.6 Å². The highest BCUT2D eigenvalue weighted by Crippen LogP contribution is 2.31. The van der Waals surface area contributed by atoms with Crippen molar-refractivity contribution in [3.05, 3.63) is 47.5 Å². The molecule has 0 spiro atoms. The molecule has 2 aromatic carbocycles. The minimum Gasteiger partial charge on any atom is -0.387 e. The van der Waals surface area contributed by atoms with Crippen molar-refractivity contribution in [2.24, 2.45) is 0 Å². The first kappa shape index (κ1) is 14.0. The van der Waals surface area contributed by atoms with E-state index in [2.05, 4.69) is 0 Å². The van der Waals surface area contributed by atoms with Crippen molar-refractivity contribution in [1.82, 2.24) is 0 Å². The average Bonchev–Trinajstić information content (AvgIpc) is 2.36. The maximum Gasteiger partial charge on any atom is 0.152 e. The lowest BCUT2D eigenvalue weighted by atomic mass is 9.94. The van der Waals surface area contributed by atoms with Gasteiger partial charge in [-0.05, 0) is 35.7 Å². The second kappa shape index (κ2) is 4.94. The molecule has 2 atom stereocenters. The lowest BCUT2D eigenvalue weighted by molar-refractivity contribution is 0.177. The molecule has 0 aromatic heterocycles. The molecule has 3 nitrogen and oxygen atoms in total. The quantitative estimate of drug-likeness (QED) is 0.939. The number of aryl methyl sites for hydroxylation is 1. The third kappa shape index (κ3) is 2.65. The predicted octanol–water partition coefficient (Wildman–Crippen LogP) is 2.61. The Bertz CT molecular complexity index is 704. The molecule has 0 bridgehead atoms.